The van der Waals surface area contributed by atoms with E-state index in [2.05, 4.69) is 27.7 Å². The number of unbranched alkanes of at least 4 members (excludes halogenated alkanes) is 12. The average molecular weight is 455 g/mol. The summed E-state index contributed by atoms with van der Waals surface area (Å²) < 4.78 is 11.2. The van der Waals surface area contributed by atoms with Crippen molar-refractivity contribution in [3.8, 4) is 0 Å². The van der Waals surface area contributed by atoms with E-state index in [1.165, 1.54) is 128 Å². The molecule has 192 valence electrons. The molecule has 0 radical (unpaired) electrons. The molecule has 0 aromatic carbocycles. The van der Waals surface area contributed by atoms with Crippen LogP contribution in [0, 0.1) is 11.8 Å². The maximum atomic E-state index is 12.3. The summed E-state index contributed by atoms with van der Waals surface area (Å²) in [7, 11) is 0. The first-order chi connectivity index (χ1) is 15.7. The van der Waals surface area contributed by atoms with Crippen molar-refractivity contribution < 1.29 is 14.3 Å². The third kappa shape index (κ3) is 21.1. The largest absolute Gasteiger partial charge is 0.508 e. The van der Waals surface area contributed by atoms with E-state index in [4.69, 9.17) is 9.47 Å². The van der Waals surface area contributed by atoms with Gasteiger partial charge in [0.1, 0.15) is 0 Å². The summed E-state index contributed by atoms with van der Waals surface area (Å²) in [5.74, 6) is 0.991. The van der Waals surface area contributed by atoms with Crippen LogP contribution in [0.5, 0.6) is 0 Å². The third-order valence-corrected chi connectivity index (χ3v) is 6.74. The quantitative estimate of drug-likeness (QED) is 0.107. The highest BCUT2D eigenvalue weighted by Gasteiger charge is 2.16. The zero-order valence-corrected chi connectivity index (χ0v) is 22.4. The number of carbonyl (C=O) groups is 1. The zero-order valence-electron chi connectivity index (χ0n) is 22.4. The van der Waals surface area contributed by atoms with Crippen LogP contribution in [-0.2, 0) is 9.47 Å². The second-order valence-electron chi connectivity index (χ2n) is 10.0. The molecule has 0 aromatic rings. The predicted octanol–water partition coefficient (Wildman–Crippen LogP) is 10.3. The van der Waals surface area contributed by atoms with Gasteiger partial charge in [-0.1, -0.05) is 130 Å². The minimum atomic E-state index is -0.441. The lowest BCUT2D eigenvalue weighted by molar-refractivity contribution is 0.0300. The van der Waals surface area contributed by atoms with E-state index >= 15 is 0 Å². The van der Waals surface area contributed by atoms with Gasteiger partial charge >= 0.3 is 6.16 Å². The van der Waals surface area contributed by atoms with Crippen LogP contribution in [0.2, 0.25) is 0 Å². The fourth-order valence-electron chi connectivity index (χ4n) is 4.47. The summed E-state index contributed by atoms with van der Waals surface area (Å²) in [6.07, 6.45) is 24.8. The average Bonchev–Trinajstić information content (AvgIpc) is 2.80. The van der Waals surface area contributed by atoms with Gasteiger partial charge in [0.15, 0.2) is 0 Å². The van der Waals surface area contributed by atoms with Gasteiger partial charge in [0.05, 0.1) is 13.2 Å². The highest BCUT2D eigenvalue weighted by molar-refractivity contribution is 5.59. The predicted molar refractivity (Wildman–Crippen MR) is 139 cm³/mol. The highest BCUT2D eigenvalue weighted by atomic mass is 16.7. The van der Waals surface area contributed by atoms with Gasteiger partial charge in [-0.2, -0.15) is 0 Å². The number of rotatable bonds is 24. The van der Waals surface area contributed by atoms with Crippen LogP contribution in [0.1, 0.15) is 156 Å². The maximum Gasteiger partial charge on any atom is 0.508 e. The maximum absolute atomic E-state index is 12.3. The third-order valence-electron chi connectivity index (χ3n) is 6.74. The van der Waals surface area contributed by atoms with Crippen molar-refractivity contribution in [3.05, 3.63) is 0 Å². The molecule has 3 heteroatoms. The molecule has 0 unspecified atom stereocenters. The molecule has 0 N–H and O–H groups in total. The summed E-state index contributed by atoms with van der Waals surface area (Å²) in [6.45, 7) is 10.1. The summed E-state index contributed by atoms with van der Waals surface area (Å²) in [5, 5.41) is 0. The first-order valence-electron chi connectivity index (χ1n) is 14.5. The second kappa shape index (κ2) is 24.9. The van der Waals surface area contributed by atoms with Crippen molar-refractivity contribution >= 4 is 6.16 Å². The molecule has 0 aliphatic rings. The van der Waals surface area contributed by atoms with Crippen LogP contribution < -0.4 is 0 Å². The molecular weight excluding hydrogens is 396 g/mol. The SMILES string of the molecule is CCCCCCC(CCCCCC)COC(=O)OCC(CCCCCC)CCCCCC. The smallest absolute Gasteiger partial charge is 0.434 e. The Morgan fingerprint density at radius 2 is 0.750 bits per heavy atom. The Labute approximate surface area is 201 Å². The lowest BCUT2D eigenvalue weighted by atomic mass is 9.95. The molecule has 0 aliphatic carbocycles. The molecular formula is C29H58O3. The van der Waals surface area contributed by atoms with E-state index in [9.17, 15) is 4.79 Å². The van der Waals surface area contributed by atoms with Gasteiger partial charge < -0.3 is 9.47 Å². The number of hydrogen-bond acceptors (Lipinski definition) is 3. The molecule has 0 atom stereocenters. The van der Waals surface area contributed by atoms with Gasteiger partial charge in [0, 0.05) is 0 Å². The summed E-state index contributed by atoms with van der Waals surface area (Å²) >= 11 is 0. The summed E-state index contributed by atoms with van der Waals surface area (Å²) in [5.41, 5.74) is 0. The lowest BCUT2D eigenvalue weighted by Crippen LogP contribution is -2.19. The van der Waals surface area contributed by atoms with Crippen molar-refractivity contribution in [2.45, 2.75) is 156 Å². The Morgan fingerprint density at radius 1 is 0.469 bits per heavy atom. The van der Waals surface area contributed by atoms with Gasteiger partial charge in [0.25, 0.3) is 0 Å². The Bertz CT molecular complexity index is 325. The molecule has 0 saturated carbocycles. The monoisotopic (exact) mass is 454 g/mol. The molecule has 0 aromatic heterocycles. The van der Waals surface area contributed by atoms with Crippen molar-refractivity contribution in [3.63, 3.8) is 0 Å². The summed E-state index contributed by atoms with van der Waals surface area (Å²) in [4.78, 5) is 12.3. The van der Waals surface area contributed by atoms with Gasteiger partial charge in [0.2, 0.25) is 0 Å². The Kier molecular flexibility index (Phi) is 24.3. The Morgan fingerprint density at radius 3 is 1.00 bits per heavy atom. The lowest BCUT2D eigenvalue weighted by Gasteiger charge is -2.19. The van der Waals surface area contributed by atoms with E-state index in [1.807, 2.05) is 0 Å². The number of ether oxygens (including phenoxy) is 2. The normalized spacial score (nSPS) is 11.4. The Balaban J connectivity index is 4.32. The molecule has 0 saturated heterocycles. The van der Waals surface area contributed by atoms with Gasteiger partial charge in [-0.15, -0.1) is 0 Å². The molecule has 0 spiro atoms. The molecule has 0 bridgehead atoms. The van der Waals surface area contributed by atoms with Crippen LogP contribution >= 0.6 is 0 Å². The molecule has 0 fully saturated rings. The molecule has 0 heterocycles. The van der Waals surface area contributed by atoms with E-state index in [1.54, 1.807) is 0 Å². The molecule has 0 aliphatic heterocycles. The van der Waals surface area contributed by atoms with E-state index < -0.39 is 6.16 Å². The minimum absolute atomic E-state index is 0.441. The van der Waals surface area contributed by atoms with E-state index in [-0.39, 0.29) is 0 Å². The van der Waals surface area contributed by atoms with E-state index in [0.717, 1.165) is 0 Å². The summed E-state index contributed by atoms with van der Waals surface area (Å²) in [6, 6.07) is 0. The van der Waals surface area contributed by atoms with Crippen LogP contribution in [0.4, 0.5) is 4.79 Å². The van der Waals surface area contributed by atoms with Gasteiger partial charge in [-0.25, -0.2) is 4.79 Å². The molecule has 0 amide bonds. The standard InChI is InChI=1S/C29H58O3/c1-5-9-13-17-21-27(22-18-14-10-6-2)25-31-29(30)32-26-28(23-19-15-11-7-3)24-20-16-12-8-4/h27-28H,5-26H2,1-4H3. The first kappa shape index (κ1) is 31.3. The fourth-order valence-corrected chi connectivity index (χ4v) is 4.47. The van der Waals surface area contributed by atoms with Gasteiger partial charge in [-0.05, 0) is 37.5 Å². The topological polar surface area (TPSA) is 35.5 Å². The van der Waals surface area contributed by atoms with Crippen LogP contribution in [-0.4, -0.2) is 19.4 Å². The van der Waals surface area contributed by atoms with Crippen LogP contribution in [0.15, 0.2) is 0 Å². The minimum Gasteiger partial charge on any atom is -0.434 e. The molecule has 3 nitrogen and oxygen atoms in total. The highest BCUT2D eigenvalue weighted by Crippen LogP contribution is 2.21. The van der Waals surface area contributed by atoms with Crippen molar-refractivity contribution in [1.29, 1.82) is 0 Å². The molecule has 32 heavy (non-hydrogen) atoms. The molecule has 0 rings (SSSR count). The van der Waals surface area contributed by atoms with Crippen molar-refractivity contribution in [2.24, 2.45) is 11.8 Å². The number of hydrogen-bond donors (Lipinski definition) is 0. The van der Waals surface area contributed by atoms with Crippen LogP contribution in [0.3, 0.4) is 0 Å². The Hall–Kier alpha value is -0.730. The zero-order chi connectivity index (χ0) is 23.7. The van der Waals surface area contributed by atoms with E-state index in [0.29, 0.717) is 25.0 Å². The second-order valence-corrected chi connectivity index (χ2v) is 10.0. The van der Waals surface area contributed by atoms with Gasteiger partial charge in [-0.3, -0.25) is 0 Å². The number of carbonyl (C=O) groups excluding carboxylic acids is 1. The first-order valence-corrected chi connectivity index (χ1v) is 14.5. The fraction of sp³-hybridized carbons (Fsp3) is 0.966. The van der Waals surface area contributed by atoms with Crippen molar-refractivity contribution in [1.82, 2.24) is 0 Å². The van der Waals surface area contributed by atoms with Crippen molar-refractivity contribution in [2.75, 3.05) is 13.2 Å². The van der Waals surface area contributed by atoms with Crippen LogP contribution in [0.25, 0.3) is 0 Å².